The molecule has 0 radical (unpaired) electrons. The summed E-state index contributed by atoms with van der Waals surface area (Å²) >= 11 is 0. The van der Waals surface area contributed by atoms with E-state index in [2.05, 4.69) is 34.8 Å². The van der Waals surface area contributed by atoms with Crippen LogP contribution < -0.4 is 19.1 Å². The highest BCUT2D eigenvalue weighted by atomic mass is 28.3. The molecule has 2 aromatic heterocycles. The van der Waals surface area contributed by atoms with Gasteiger partial charge in [0.1, 0.15) is 18.1 Å². The summed E-state index contributed by atoms with van der Waals surface area (Å²) in [4.78, 5) is 18.8. The van der Waals surface area contributed by atoms with Gasteiger partial charge >= 0.3 is 0 Å². The van der Waals surface area contributed by atoms with Gasteiger partial charge in [0.25, 0.3) is 5.91 Å². The first-order chi connectivity index (χ1) is 16.8. The second-order valence-corrected chi connectivity index (χ2v) is 15.0. The number of anilines is 1. The number of benzene rings is 1. The molecule has 0 aliphatic carbocycles. The molecule has 4 rings (SSSR count). The minimum atomic E-state index is -1.13. The Morgan fingerprint density at radius 3 is 2.51 bits per heavy atom. The van der Waals surface area contributed by atoms with Gasteiger partial charge in [-0.05, 0) is 48.0 Å². The average Bonchev–Trinajstić information content (AvgIpc) is 3.18. The van der Waals surface area contributed by atoms with Gasteiger partial charge in [-0.1, -0.05) is 19.6 Å². The van der Waals surface area contributed by atoms with Gasteiger partial charge < -0.3 is 18.9 Å². The molecule has 0 unspecified atom stereocenters. The molecule has 35 heavy (non-hydrogen) atoms. The highest BCUT2D eigenvalue weighted by Gasteiger charge is 2.30. The Morgan fingerprint density at radius 2 is 1.83 bits per heavy atom. The van der Waals surface area contributed by atoms with Crippen molar-refractivity contribution in [1.82, 2.24) is 15.2 Å². The van der Waals surface area contributed by atoms with E-state index in [0.29, 0.717) is 48.5 Å². The molecule has 0 bridgehead atoms. The summed E-state index contributed by atoms with van der Waals surface area (Å²) in [5.41, 5.74) is 2.27. The third-order valence-electron chi connectivity index (χ3n) is 5.49. The van der Waals surface area contributed by atoms with Crippen LogP contribution in [0.5, 0.6) is 17.4 Å². The summed E-state index contributed by atoms with van der Waals surface area (Å²) in [6.07, 6.45) is 1.65. The van der Waals surface area contributed by atoms with Crippen molar-refractivity contribution < 1.29 is 23.7 Å². The first-order valence-corrected chi connectivity index (χ1v) is 15.1. The van der Waals surface area contributed by atoms with Crippen molar-refractivity contribution in [3.8, 4) is 17.4 Å². The van der Waals surface area contributed by atoms with Crippen LogP contribution in [0, 0.1) is 0 Å². The molecule has 9 nitrogen and oxygen atoms in total. The molecule has 10 heteroatoms. The van der Waals surface area contributed by atoms with Crippen LogP contribution in [0.25, 0.3) is 0 Å². The van der Waals surface area contributed by atoms with E-state index in [0.717, 1.165) is 17.3 Å². The van der Waals surface area contributed by atoms with Crippen molar-refractivity contribution >= 4 is 19.8 Å². The molecule has 1 aliphatic heterocycles. The Hall–Kier alpha value is -3.50. The van der Waals surface area contributed by atoms with E-state index >= 15 is 0 Å². The lowest BCUT2D eigenvalue weighted by molar-refractivity contribution is 0.0187. The summed E-state index contributed by atoms with van der Waals surface area (Å²) in [6.45, 7) is 8.40. The number of aromatic nitrogens is 3. The number of fused-ring (bicyclic) bond motifs is 1. The van der Waals surface area contributed by atoms with Gasteiger partial charge in [-0.2, -0.15) is 0 Å². The fourth-order valence-corrected chi connectivity index (χ4v) is 4.18. The lowest BCUT2D eigenvalue weighted by Gasteiger charge is -2.15. The van der Waals surface area contributed by atoms with Crippen molar-refractivity contribution in [2.45, 2.75) is 38.8 Å². The molecule has 0 N–H and O–H groups in total. The van der Waals surface area contributed by atoms with E-state index in [1.165, 1.54) is 0 Å². The van der Waals surface area contributed by atoms with Gasteiger partial charge in [0.05, 0.1) is 25.5 Å². The van der Waals surface area contributed by atoms with Crippen molar-refractivity contribution in [2.75, 3.05) is 25.4 Å². The highest BCUT2D eigenvalue weighted by Crippen LogP contribution is 2.30. The molecule has 0 fully saturated rings. The Kier molecular flexibility index (Phi) is 7.62. The molecular weight excluding hydrogens is 464 g/mol. The second-order valence-electron chi connectivity index (χ2n) is 9.40. The van der Waals surface area contributed by atoms with E-state index in [4.69, 9.17) is 18.9 Å². The Labute approximate surface area is 206 Å². The summed E-state index contributed by atoms with van der Waals surface area (Å²) in [5, 5.41) is 8.26. The molecule has 3 heterocycles. The number of carbonyl (C=O) groups is 1. The molecule has 184 valence electrons. The number of ether oxygens (including phenoxy) is 4. The van der Waals surface area contributed by atoms with Crippen LogP contribution in [0.2, 0.25) is 25.7 Å². The maximum atomic E-state index is 12.9. The second kappa shape index (κ2) is 10.8. The first kappa shape index (κ1) is 24.6. The van der Waals surface area contributed by atoms with Crippen molar-refractivity contribution in [2.24, 2.45) is 0 Å². The van der Waals surface area contributed by atoms with Gasteiger partial charge in [0.15, 0.2) is 12.6 Å². The average molecular weight is 495 g/mol. The van der Waals surface area contributed by atoms with Crippen LogP contribution in [-0.2, 0) is 17.9 Å². The highest BCUT2D eigenvalue weighted by molar-refractivity contribution is 6.76. The summed E-state index contributed by atoms with van der Waals surface area (Å²) < 4.78 is 22.0. The van der Waals surface area contributed by atoms with Crippen LogP contribution >= 0.6 is 0 Å². The van der Waals surface area contributed by atoms with Gasteiger partial charge in [-0.25, -0.2) is 0 Å². The quantitative estimate of drug-likeness (QED) is 0.221. The van der Waals surface area contributed by atoms with Crippen molar-refractivity contribution in [1.29, 1.82) is 0 Å². The third kappa shape index (κ3) is 6.55. The normalized spacial score (nSPS) is 13.0. The predicted molar refractivity (Wildman–Crippen MR) is 134 cm³/mol. The Balaban J connectivity index is 1.31. The largest absolute Gasteiger partial charge is 0.495 e. The van der Waals surface area contributed by atoms with Crippen LogP contribution in [-0.4, -0.2) is 49.7 Å². The topological polar surface area (TPSA) is 95.9 Å². The van der Waals surface area contributed by atoms with Gasteiger partial charge in [-0.3, -0.25) is 14.7 Å². The first-order valence-electron chi connectivity index (χ1n) is 11.4. The molecule has 1 aromatic carbocycles. The minimum absolute atomic E-state index is 0.124. The maximum absolute atomic E-state index is 12.9. The van der Waals surface area contributed by atoms with Crippen molar-refractivity contribution in [3.63, 3.8) is 0 Å². The van der Waals surface area contributed by atoms with E-state index < -0.39 is 8.07 Å². The van der Waals surface area contributed by atoms with Crippen molar-refractivity contribution in [3.05, 3.63) is 65.5 Å². The lowest BCUT2D eigenvalue weighted by atomic mass is 10.1. The standard InChI is InChI=1S/C25H30N4O5Si/c1-31-21-6-5-19(26-14-21)16-33-20-7-8-22-18(13-20)15-29(25(22)30)23-9-10-24(28-27-23)34-17-32-11-12-35(2,3)4/h5-10,13-14H,11-12,15-17H2,1-4H3. The molecule has 0 spiro atoms. The smallest absolute Gasteiger partial charge is 0.260 e. The number of nitrogens with zero attached hydrogens (tertiary/aromatic N) is 4. The zero-order chi connectivity index (χ0) is 24.8. The number of hydrogen-bond donors (Lipinski definition) is 0. The zero-order valence-corrected chi connectivity index (χ0v) is 21.5. The number of rotatable bonds is 11. The van der Waals surface area contributed by atoms with Crippen LogP contribution in [0.1, 0.15) is 21.6 Å². The maximum Gasteiger partial charge on any atom is 0.260 e. The molecule has 0 saturated heterocycles. The van der Waals surface area contributed by atoms with E-state index in [-0.39, 0.29) is 12.7 Å². The number of methoxy groups -OCH3 is 1. The Bertz CT molecular complexity index is 1150. The number of hydrogen-bond acceptors (Lipinski definition) is 8. The summed E-state index contributed by atoms with van der Waals surface area (Å²) in [7, 11) is 0.468. The zero-order valence-electron chi connectivity index (χ0n) is 20.5. The minimum Gasteiger partial charge on any atom is -0.495 e. The van der Waals surface area contributed by atoms with Gasteiger partial charge in [-0.15, -0.1) is 10.2 Å². The summed E-state index contributed by atoms with van der Waals surface area (Å²) in [5.74, 6) is 2.05. The van der Waals surface area contributed by atoms with Gasteiger partial charge in [0.2, 0.25) is 5.88 Å². The number of amides is 1. The van der Waals surface area contributed by atoms with E-state index in [1.54, 1.807) is 42.5 Å². The number of carbonyl (C=O) groups excluding carboxylic acids is 1. The molecule has 0 saturated carbocycles. The monoisotopic (exact) mass is 494 g/mol. The summed E-state index contributed by atoms with van der Waals surface area (Å²) in [6, 6.07) is 13.6. The van der Waals surface area contributed by atoms with Gasteiger partial charge in [0, 0.05) is 26.3 Å². The Morgan fingerprint density at radius 1 is 1.00 bits per heavy atom. The predicted octanol–water partition coefficient (Wildman–Crippen LogP) is 4.31. The molecule has 3 aromatic rings. The molecule has 1 aliphatic rings. The van der Waals surface area contributed by atoms with Crippen LogP contribution in [0.4, 0.5) is 5.82 Å². The fourth-order valence-electron chi connectivity index (χ4n) is 3.42. The van der Waals surface area contributed by atoms with Crippen LogP contribution in [0.3, 0.4) is 0 Å². The third-order valence-corrected chi connectivity index (χ3v) is 7.19. The lowest BCUT2D eigenvalue weighted by Crippen LogP contribution is -2.24. The molecule has 0 atom stereocenters. The SMILES string of the molecule is COc1ccc(COc2ccc3c(c2)CN(c2ccc(OCOCC[Si](C)(C)C)nn2)C3=O)nc1. The van der Waals surface area contributed by atoms with E-state index in [9.17, 15) is 4.79 Å². The molecule has 1 amide bonds. The fraction of sp³-hybridized carbons (Fsp3) is 0.360. The van der Waals surface area contributed by atoms with E-state index in [1.807, 2.05) is 18.2 Å². The van der Waals surface area contributed by atoms with Crippen LogP contribution in [0.15, 0.2) is 48.7 Å². The molecular formula is C25H30N4O5Si. The number of pyridine rings is 1.